The monoisotopic (exact) mass is 481 g/mol. The number of ether oxygens (including phenoxy) is 1. The van der Waals surface area contributed by atoms with Crippen molar-refractivity contribution in [2.45, 2.75) is 30.6 Å². The summed E-state index contributed by atoms with van der Waals surface area (Å²) in [4.78, 5) is 14.0. The summed E-state index contributed by atoms with van der Waals surface area (Å²) in [7, 11) is -0.923. The van der Waals surface area contributed by atoms with E-state index in [1.165, 1.54) is 49.8 Å². The number of carbonyl (C=O) groups excluding carboxylic acids is 1. The predicted octanol–water partition coefficient (Wildman–Crippen LogP) is 4.58. The first-order valence-electron chi connectivity index (χ1n) is 10.4. The molecular formula is C24H23N3O4S2. The molecule has 0 spiro atoms. The number of para-hydroxylation sites is 2. The quantitative estimate of drug-likeness (QED) is 0.555. The van der Waals surface area contributed by atoms with Crippen molar-refractivity contribution in [3.8, 4) is 11.8 Å². The van der Waals surface area contributed by atoms with E-state index >= 15 is 0 Å². The average molecular weight is 482 g/mol. The molecule has 1 N–H and O–H groups in total. The van der Waals surface area contributed by atoms with Crippen LogP contribution in [0, 0.1) is 11.3 Å². The van der Waals surface area contributed by atoms with Crippen LogP contribution in [0.1, 0.15) is 39.2 Å². The smallest absolute Gasteiger partial charge is 0.264 e. The summed E-state index contributed by atoms with van der Waals surface area (Å²) >= 11 is 1.45. The third kappa shape index (κ3) is 4.32. The Hall–Kier alpha value is -3.35. The van der Waals surface area contributed by atoms with Gasteiger partial charge in [-0.15, -0.1) is 11.3 Å². The molecule has 1 heterocycles. The molecule has 170 valence electrons. The number of anilines is 2. The van der Waals surface area contributed by atoms with Crippen molar-refractivity contribution in [1.29, 1.82) is 5.26 Å². The highest BCUT2D eigenvalue weighted by Crippen LogP contribution is 2.38. The number of fused-ring (bicyclic) bond motifs is 1. The number of aryl methyl sites for hydroxylation is 1. The van der Waals surface area contributed by atoms with E-state index in [2.05, 4.69) is 11.4 Å². The zero-order chi connectivity index (χ0) is 23.6. The van der Waals surface area contributed by atoms with Gasteiger partial charge in [-0.25, -0.2) is 8.42 Å². The number of amides is 1. The number of nitrogens with zero attached hydrogens (tertiary/aromatic N) is 2. The molecule has 0 aliphatic heterocycles. The van der Waals surface area contributed by atoms with E-state index in [4.69, 9.17) is 4.74 Å². The van der Waals surface area contributed by atoms with Gasteiger partial charge in [0, 0.05) is 17.5 Å². The minimum Gasteiger partial charge on any atom is -0.495 e. The number of methoxy groups -OCH3 is 1. The van der Waals surface area contributed by atoms with Gasteiger partial charge in [0.25, 0.3) is 15.9 Å². The summed E-state index contributed by atoms with van der Waals surface area (Å²) in [6, 6.07) is 14.8. The number of nitrogens with one attached hydrogen (secondary N) is 1. The Kier molecular flexibility index (Phi) is 6.40. The van der Waals surface area contributed by atoms with Crippen LogP contribution >= 0.6 is 11.3 Å². The second-order valence-corrected chi connectivity index (χ2v) is 10.7. The molecule has 9 heteroatoms. The molecule has 0 saturated carbocycles. The Morgan fingerprint density at radius 3 is 2.52 bits per heavy atom. The van der Waals surface area contributed by atoms with Crippen LogP contribution in [-0.2, 0) is 22.9 Å². The highest BCUT2D eigenvalue weighted by Gasteiger charge is 2.25. The molecule has 0 atom stereocenters. The zero-order valence-electron chi connectivity index (χ0n) is 18.3. The van der Waals surface area contributed by atoms with Crippen molar-refractivity contribution in [2.75, 3.05) is 23.8 Å². The first-order chi connectivity index (χ1) is 15.9. The lowest BCUT2D eigenvalue weighted by molar-refractivity contribution is 0.102. The third-order valence-corrected chi connectivity index (χ3v) is 8.70. The van der Waals surface area contributed by atoms with Gasteiger partial charge in [-0.3, -0.25) is 9.10 Å². The topological polar surface area (TPSA) is 99.5 Å². The van der Waals surface area contributed by atoms with Crippen molar-refractivity contribution in [1.82, 2.24) is 0 Å². The number of nitriles is 1. The van der Waals surface area contributed by atoms with Crippen LogP contribution in [0.4, 0.5) is 10.7 Å². The maximum Gasteiger partial charge on any atom is 0.264 e. The van der Waals surface area contributed by atoms with Gasteiger partial charge >= 0.3 is 0 Å². The number of sulfonamides is 1. The molecule has 33 heavy (non-hydrogen) atoms. The van der Waals surface area contributed by atoms with Crippen LogP contribution in [-0.4, -0.2) is 28.5 Å². The molecule has 0 saturated heterocycles. The largest absolute Gasteiger partial charge is 0.495 e. The molecule has 2 aromatic carbocycles. The molecule has 0 unspecified atom stereocenters. The number of rotatable bonds is 6. The molecule has 0 radical (unpaired) electrons. The molecule has 1 aliphatic rings. The van der Waals surface area contributed by atoms with Gasteiger partial charge in [-0.1, -0.05) is 12.1 Å². The lowest BCUT2D eigenvalue weighted by Gasteiger charge is -2.21. The minimum atomic E-state index is -3.86. The van der Waals surface area contributed by atoms with Gasteiger partial charge in [-0.05, 0) is 67.6 Å². The molecule has 0 bridgehead atoms. The lowest BCUT2D eigenvalue weighted by Crippen LogP contribution is -2.27. The molecule has 0 fully saturated rings. The fourth-order valence-electron chi connectivity index (χ4n) is 3.90. The number of hydrogen-bond donors (Lipinski definition) is 1. The van der Waals surface area contributed by atoms with Crippen molar-refractivity contribution in [2.24, 2.45) is 0 Å². The van der Waals surface area contributed by atoms with Gasteiger partial charge in [0.05, 0.1) is 23.3 Å². The van der Waals surface area contributed by atoms with Crippen molar-refractivity contribution in [3.63, 3.8) is 0 Å². The predicted molar refractivity (Wildman–Crippen MR) is 129 cm³/mol. The lowest BCUT2D eigenvalue weighted by atomic mass is 9.96. The van der Waals surface area contributed by atoms with Gasteiger partial charge in [0.2, 0.25) is 0 Å². The standard InChI is InChI=1S/C24H23N3O4S2/c1-27(20-8-4-5-9-21(20)31-2)33(29,30)17-13-11-16(12-14-17)23(28)26-24-19(15-25)18-7-3-6-10-22(18)32-24/h4-5,8-9,11-14H,3,6-7,10H2,1-2H3,(H,26,28). The first kappa shape index (κ1) is 22.8. The second-order valence-electron chi connectivity index (χ2n) is 7.65. The van der Waals surface area contributed by atoms with Gasteiger partial charge in [-0.2, -0.15) is 5.26 Å². The summed E-state index contributed by atoms with van der Waals surface area (Å²) in [5.74, 6) is 0.0543. The Morgan fingerprint density at radius 1 is 1.12 bits per heavy atom. The molecule has 7 nitrogen and oxygen atoms in total. The molecule has 4 rings (SSSR count). The Labute approximate surface area is 197 Å². The van der Waals surface area contributed by atoms with Gasteiger partial charge in [0.1, 0.15) is 16.8 Å². The summed E-state index contributed by atoms with van der Waals surface area (Å²) in [5, 5.41) is 13.0. The van der Waals surface area contributed by atoms with Gasteiger partial charge in [0.15, 0.2) is 0 Å². The SMILES string of the molecule is COc1ccccc1N(C)S(=O)(=O)c1ccc(C(=O)Nc2sc3c(c2C#N)CCCC3)cc1. The van der Waals surface area contributed by atoms with Crippen LogP contribution in [0.15, 0.2) is 53.4 Å². The maximum atomic E-state index is 13.1. The fraction of sp³-hybridized carbons (Fsp3) is 0.250. The molecule has 3 aromatic rings. The number of benzene rings is 2. The van der Waals surface area contributed by atoms with E-state index in [0.29, 0.717) is 27.6 Å². The van der Waals surface area contributed by atoms with E-state index in [1.807, 2.05) is 0 Å². The summed E-state index contributed by atoms with van der Waals surface area (Å²) in [6.45, 7) is 0. The van der Waals surface area contributed by atoms with Crippen molar-refractivity contribution < 1.29 is 17.9 Å². The van der Waals surface area contributed by atoms with Crippen LogP contribution in [0.25, 0.3) is 0 Å². The Bertz CT molecular complexity index is 1340. The van der Waals surface area contributed by atoms with E-state index in [-0.39, 0.29) is 10.8 Å². The van der Waals surface area contributed by atoms with Crippen LogP contribution in [0.2, 0.25) is 0 Å². The fourth-order valence-corrected chi connectivity index (χ4v) is 6.34. The van der Waals surface area contributed by atoms with Crippen molar-refractivity contribution in [3.05, 3.63) is 70.1 Å². The van der Waals surface area contributed by atoms with Crippen LogP contribution in [0.5, 0.6) is 5.75 Å². The van der Waals surface area contributed by atoms with E-state index in [0.717, 1.165) is 40.4 Å². The number of carbonyl (C=O) groups is 1. The third-order valence-electron chi connectivity index (χ3n) is 5.71. The number of hydrogen-bond acceptors (Lipinski definition) is 6. The van der Waals surface area contributed by atoms with E-state index < -0.39 is 10.0 Å². The molecular weight excluding hydrogens is 458 g/mol. The average Bonchev–Trinajstić information content (AvgIpc) is 3.20. The number of thiophene rings is 1. The zero-order valence-corrected chi connectivity index (χ0v) is 19.9. The van der Waals surface area contributed by atoms with Crippen LogP contribution in [0.3, 0.4) is 0 Å². The Morgan fingerprint density at radius 2 is 1.82 bits per heavy atom. The van der Waals surface area contributed by atoms with E-state index in [1.54, 1.807) is 24.3 Å². The molecule has 1 aromatic heterocycles. The highest BCUT2D eigenvalue weighted by molar-refractivity contribution is 7.92. The Balaban J connectivity index is 1.55. The van der Waals surface area contributed by atoms with Crippen LogP contribution < -0.4 is 14.4 Å². The van der Waals surface area contributed by atoms with Crippen molar-refractivity contribution >= 4 is 38.0 Å². The molecule has 1 aliphatic carbocycles. The second kappa shape index (κ2) is 9.25. The normalized spacial score (nSPS) is 13.0. The molecule has 1 amide bonds. The minimum absolute atomic E-state index is 0.0526. The maximum absolute atomic E-state index is 13.1. The summed E-state index contributed by atoms with van der Waals surface area (Å²) in [6.07, 6.45) is 3.92. The van der Waals surface area contributed by atoms with E-state index in [9.17, 15) is 18.5 Å². The van der Waals surface area contributed by atoms with Gasteiger partial charge < -0.3 is 10.1 Å². The summed E-state index contributed by atoms with van der Waals surface area (Å²) < 4.78 is 32.6. The first-order valence-corrected chi connectivity index (χ1v) is 12.7. The summed E-state index contributed by atoms with van der Waals surface area (Å²) in [5.41, 5.74) is 2.31. The highest BCUT2D eigenvalue weighted by atomic mass is 32.2.